The largest absolute Gasteiger partial charge is 0.494 e. The summed E-state index contributed by atoms with van der Waals surface area (Å²) in [6.07, 6.45) is 5.40. The molecular formula is C33H34O2. The summed E-state index contributed by atoms with van der Waals surface area (Å²) in [4.78, 5) is 0. The normalized spacial score (nSPS) is 11.7. The summed E-state index contributed by atoms with van der Waals surface area (Å²) in [5.41, 5.74) is 10.5. The van der Waals surface area contributed by atoms with Gasteiger partial charge in [0.05, 0.1) is 13.2 Å². The lowest BCUT2D eigenvalue weighted by Gasteiger charge is -2.17. The third kappa shape index (κ3) is 4.98. The molecular weight excluding hydrogens is 428 g/mol. The van der Waals surface area contributed by atoms with Crippen LogP contribution >= 0.6 is 0 Å². The smallest absolute Gasteiger partial charge is 0.119 e. The highest BCUT2D eigenvalue weighted by Gasteiger charge is 2.24. The Morgan fingerprint density at radius 2 is 1.14 bits per heavy atom. The van der Waals surface area contributed by atoms with Gasteiger partial charge in [-0.3, -0.25) is 0 Å². The van der Waals surface area contributed by atoms with Crippen molar-refractivity contribution < 1.29 is 9.47 Å². The second kappa shape index (κ2) is 10.8. The van der Waals surface area contributed by atoms with Crippen LogP contribution in [0.15, 0.2) is 84.9 Å². The van der Waals surface area contributed by atoms with E-state index in [0.717, 1.165) is 56.8 Å². The molecule has 0 saturated carbocycles. The summed E-state index contributed by atoms with van der Waals surface area (Å²) in [5.74, 6) is 1.87. The van der Waals surface area contributed by atoms with Gasteiger partial charge in [0, 0.05) is 0 Å². The minimum Gasteiger partial charge on any atom is -0.494 e. The molecule has 0 bridgehead atoms. The zero-order chi connectivity index (χ0) is 24.0. The summed E-state index contributed by atoms with van der Waals surface area (Å²) >= 11 is 0. The van der Waals surface area contributed by atoms with Crippen LogP contribution in [0.2, 0.25) is 0 Å². The van der Waals surface area contributed by atoms with Gasteiger partial charge in [0.1, 0.15) is 11.5 Å². The molecule has 1 aliphatic carbocycles. The lowest BCUT2D eigenvalue weighted by atomic mass is 9.88. The summed E-state index contributed by atoms with van der Waals surface area (Å²) < 4.78 is 11.8. The first-order valence-electron chi connectivity index (χ1n) is 13.0. The van der Waals surface area contributed by atoms with Crippen molar-refractivity contribution in [2.75, 3.05) is 13.2 Å². The zero-order valence-electron chi connectivity index (χ0n) is 20.8. The van der Waals surface area contributed by atoms with Crippen LogP contribution in [0.4, 0.5) is 0 Å². The first kappa shape index (κ1) is 23.2. The molecule has 0 spiro atoms. The average molecular weight is 463 g/mol. The highest BCUT2D eigenvalue weighted by atomic mass is 16.5. The van der Waals surface area contributed by atoms with Gasteiger partial charge in [-0.15, -0.1) is 0 Å². The van der Waals surface area contributed by atoms with Gasteiger partial charge in [-0.2, -0.15) is 0 Å². The fraction of sp³-hybridized carbons (Fsp3) is 0.273. The molecule has 0 aliphatic heterocycles. The van der Waals surface area contributed by atoms with E-state index in [1.807, 2.05) is 0 Å². The summed E-state index contributed by atoms with van der Waals surface area (Å²) in [5, 5.41) is 0. The van der Waals surface area contributed by atoms with Crippen molar-refractivity contribution in [3.8, 4) is 44.9 Å². The fourth-order valence-corrected chi connectivity index (χ4v) is 4.90. The predicted octanol–water partition coefficient (Wildman–Crippen LogP) is 8.95. The molecule has 178 valence electrons. The molecule has 0 atom stereocenters. The Balaban J connectivity index is 1.54. The van der Waals surface area contributed by atoms with Crippen LogP contribution in [0.1, 0.15) is 50.7 Å². The predicted molar refractivity (Wildman–Crippen MR) is 146 cm³/mol. The molecule has 0 heterocycles. The van der Waals surface area contributed by atoms with Crippen molar-refractivity contribution in [3.63, 3.8) is 0 Å². The van der Waals surface area contributed by atoms with Crippen LogP contribution < -0.4 is 9.47 Å². The van der Waals surface area contributed by atoms with Crippen LogP contribution in [0.25, 0.3) is 33.4 Å². The lowest BCUT2D eigenvalue weighted by Crippen LogP contribution is -1.97. The standard InChI is InChI=1S/C33H34O2/c1-3-5-21-34-27-15-11-24(12-16-27)30-19-20-31-29-10-8-7-9-26(29)23-32(31)33(30)25-13-17-28(18-14-25)35-22-6-4-2/h7-20H,3-6,21-23H2,1-2H3. The molecule has 2 nitrogen and oxygen atoms in total. The number of ether oxygens (including phenoxy) is 2. The fourth-order valence-electron chi connectivity index (χ4n) is 4.90. The van der Waals surface area contributed by atoms with Gasteiger partial charge in [0.2, 0.25) is 0 Å². The van der Waals surface area contributed by atoms with Gasteiger partial charge in [-0.25, -0.2) is 0 Å². The van der Waals surface area contributed by atoms with Crippen LogP contribution in [0.3, 0.4) is 0 Å². The molecule has 0 N–H and O–H groups in total. The number of benzene rings is 4. The van der Waals surface area contributed by atoms with Crippen LogP contribution in [-0.4, -0.2) is 13.2 Å². The maximum atomic E-state index is 5.94. The Labute approximate surface area is 209 Å². The van der Waals surface area contributed by atoms with Crippen molar-refractivity contribution in [1.29, 1.82) is 0 Å². The van der Waals surface area contributed by atoms with E-state index in [0.29, 0.717) is 0 Å². The van der Waals surface area contributed by atoms with Gasteiger partial charge < -0.3 is 9.47 Å². The topological polar surface area (TPSA) is 18.5 Å². The summed E-state index contributed by atoms with van der Waals surface area (Å²) in [6, 6.07) is 30.6. The average Bonchev–Trinajstić information content (AvgIpc) is 3.28. The Morgan fingerprint density at radius 3 is 1.77 bits per heavy atom. The molecule has 4 aromatic rings. The van der Waals surface area contributed by atoms with Gasteiger partial charge in [0.25, 0.3) is 0 Å². The number of rotatable bonds is 10. The van der Waals surface area contributed by atoms with Gasteiger partial charge in [-0.05, 0) is 88.0 Å². The Morgan fingerprint density at radius 1 is 0.571 bits per heavy atom. The minimum absolute atomic E-state index is 0.768. The third-order valence-corrected chi connectivity index (χ3v) is 6.83. The van der Waals surface area contributed by atoms with Crippen molar-refractivity contribution >= 4 is 0 Å². The highest BCUT2D eigenvalue weighted by molar-refractivity contribution is 5.93. The second-order valence-electron chi connectivity index (χ2n) is 9.30. The van der Waals surface area contributed by atoms with E-state index >= 15 is 0 Å². The second-order valence-corrected chi connectivity index (χ2v) is 9.30. The SMILES string of the molecule is CCCCOc1ccc(-c2ccc3c(c2-c2ccc(OCCCC)cc2)Cc2ccccc2-3)cc1. The maximum absolute atomic E-state index is 5.94. The molecule has 0 aromatic heterocycles. The maximum Gasteiger partial charge on any atom is 0.119 e. The molecule has 0 unspecified atom stereocenters. The van der Waals surface area contributed by atoms with Crippen molar-refractivity contribution in [3.05, 3.63) is 96.1 Å². The molecule has 1 aliphatic rings. The zero-order valence-corrected chi connectivity index (χ0v) is 20.8. The van der Waals surface area contributed by atoms with Crippen LogP contribution in [0.5, 0.6) is 11.5 Å². The van der Waals surface area contributed by atoms with E-state index < -0.39 is 0 Å². The van der Waals surface area contributed by atoms with E-state index in [1.54, 1.807) is 0 Å². The van der Waals surface area contributed by atoms with Crippen LogP contribution in [-0.2, 0) is 6.42 Å². The quantitative estimate of drug-likeness (QED) is 0.193. The molecule has 0 saturated heterocycles. The molecule has 35 heavy (non-hydrogen) atoms. The summed E-state index contributed by atoms with van der Waals surface area (Å²) in [6.45, 7) is 5.91. The van der Waals surface area contributed by atoms with Crippen molar-refractivity contribution in [1.82, 2.24) is 0 Å². The van der Waals surface area contributed by atoms with Gasteiger partial charge >= 0.3 is 0 Å². The van der Waals surface area contributed by atoms with Crippen LogP contribution in [0, 0.1) is 0 Å². The number of fused-ring (bicyclic) bond motifs is 3. The first-order chi connectivity index (χ1) is 17.3. The van der Waals surface area contributed by atoms with E-state index in [1.165, 1.54) is 44.5 Å². The van der Waals surface area contributed by atoms with Gasteiger partial charge in [-0.1, -0.05) is 87.4 Å². The number of hydrogen-bond acceptors (Lipinski definition) is 2. The number of unbranched alkanes of at least 4 members (excludes halogenated alkanes) is 2. The molecule has 0 fully saturated rings. The number of hydrogen-bond donors (Lipinski definition) is 0. The molecule has 2 heteroatoms. The molecule has 0 radical (unpaired) electrons. The van der Waals surface area contributed by atoms with E-state index in [4.69, 9.17) is 9.47 Å². The monoisotopic (exact) mass is 462 g/mol. The summed E-state index contributed by atoms with van der Waals surface area (Å²) in [7, 11) is 0. The minimum atomic E-state index is 0.768. The molecule has 0 amide bonds. The highest BCUT2D eigenvalue weighted by Crippen LogP contribution is 2.46. The van der Waals surface area contributed by atoms with Crippen molar-refractivity contribution in [2.45, 2.75) is 46.0 Å². The Kier molecular flexibility index (Phi) is 7.18. The lowest BCUT2D eigenvalue weighted by molar-refractivity contribution is 0.309. The van der Waals surface area contributed by atoms with E-state index in [-0.39, 0.29) is 0 Å². The molecule has 5 rings (SSSR count). The third-order valence-electron chi connectivity index (χ3n) is 6.83. The van der Waals surface area contributed by atoms with E-state index in [9.17, 15) is 0 Å². The van der Waals surface area contributed by atoms with E-state index in [2.05, 4.69) is 98.8 Å². The Hall–Kier alpha value is -3.52. The van der Waals surface area contributed by atoms with Gasteiger partial charge in [0.15, 0.2) is 0 Å². The Bertz CT molecular complexity index is 1270. The molecule has 4 aromatic carbocycles. The first-order valence-corrected chi connectivity index (χ1v) is 13.0. The van der Waals surface area contributed by atoms with Crippen molar-refractivity contribution in [2.24, 2.45) is 0 Å².